The molecule has 6 heteroatoms. The number of hydrogen-bond donors (Lipinski definition) is 1. The van der Waals surface area contributed by atoms with Gasteiger partial charge in [0.2, 0.25) is 0 Å². The molecule has 0 aromatic heterocycles. The molecule has 3 fully saturated rings. The van der Waals surface area contributed by atoms with Gasteiger partial charge in [-0.15, -0.1) is 0 Å². The van der Waals surface area contributed by atoms with E-state index in [-0.39, 0.29) is 12.0 Å². The first-order valence-corrected chi connectivity index (χ1v) is 10.2. The minimum Gasteiger partial charge on any atom is -0.459 e. The highest BCUT2D eigenvalue weighted by Gasteiger charge is 2.51. The predicted octanol–water partition coefficient (Wildman–Crippen LogP) is 3.08. The number of rotatable bonds is 1. The van der Waals surface area contributed by atoms with Gasteiger partial charge in [0.25, 0.3) is 0 Å². The number of hydrogen-bond acceptors (Lipinski definition) is 6. The molecule has 7 atom stereocenters. The lowest BCUT2D eigenvalue weighted by Crippen LogP contribution is -2.46. The summed E-state index contributed by atoms with van der Waals surface area (Å²) in [6, 6.07) is 0. The summed E-state index contributed by atoms with van der Waals surface area (Å²) in [7, 11) is 0. The van der Waals surface area contributed by atoms with Crippen LogP contribution in [0.5, 0.6) is 0 Å². The highest BCUT2D eigenvalue weighted by Crippen LogP contribution is 2.44. The third kappa shape index (κ3) is 4.03. The average Bonchev–Trinajstić information content (AvgIpc) is 3.15. The standard InChI is InChI=1S/C22H32O6/c1-12-7-6-8-13(2)19(24)20-16(14(3)21(25)27-20)11-18(26-15(4)23)22(5)10-9-17(12)28-22/h13,16-20,24H,1,3,6-11H2,2,4-5H3/t13-,16+,17-,18+,19+,20-,22+/m1/s1. The number of fused-ring (bicyclic) bond motifs is 3. The minimum absolute atomic E-state index is 0.0411. The van der Waals surface area contributed by atoms with Crippen molar-refractivity contribution in [1.82, 2.24) is 0 Å². The molecule has 3 heterocycles. The first-order chi connectivity index (χ1) is 13.1. The molecule has 3 aliphatic rings. The Morgan fingerprint density at radius 3 is 2.71 bits per heavy atom. The van der Waals surface area contributed by atoms with Crippen molar-refractivity contribution >= 4 is 11.9 Å². The van der Waals surface area contributed by atoms with Crippen LogP contribution in [0.3, 0.4) is 0 Å². The van der Waals surface area contributed by atoms with Gasteiger partial charge in [0.15, 0.2) is 0 Å². The lowest BCUT2D eigenvalue weighted by atomic mass is 9.79. The minimum atomic E-state index is -0.800. The van der Waals surface area contributed by atoms with Gasteiger partial charge < -0.3 is 19.3 Å². The van der Waals surface area contributed by atoms with Crippen LogP contribution in [0.25, 0.3) is 0 Å². The third-order valence-corrected chi connectivity index (χ3v) is 6.65. The number of carbonyl (C=O) groups excluding carboxylic acids is 2. The number of esters is 2. The number of aliphatic hydroxyl groups excluding tert-OH is 1. The second-order valence-corrected chi connectivity index (χ2v) is 8.81. The first kappa shape index (κ1) is 21.1. The molecule has 0 aliphatic carbocycles. The van der Waals surface area contributed by atoms with E-state index < -0.39 is 41.8 Å². The van der Waals surface area contributed by atoms with E-state index in [2.05, 4.69) is 13.2 Å². The highest BCUT2D eigenvalue weighted by atomic mass is 16.6. The van der Waals surface area contributed by atoms with Gasteiger partial charge in [-0.05, 0) is 56.9 Å². The van der Waals surface area contributed by atoms with E-state index in [1.165, 1.54) is 6.92 Å². The fourth-order valence-electron chi connectivity index (χ4n) is 4.76. The predicted molar refractivity (Wildman–Crippen MR) is 103 cm³/mol. The highest BCUT2D eigenvalue weighted by molar-refractivity contribution is 5.90. The molecule has 0 unspecified atom stereocenters. The van der Waals surface area contributed by atoms with Gasteiger partial charge in [0.1, 0.15) is 17.8 Å². The van der Waals surface area contributed by atoms with E-state index in [9.17, 15) is 14.7 Å². The summed E-state index contributed by atoms with van der Waals surface area (Å²) in [5.74, 6) is -1.35. The molecule has 0 radical (unpaired) electrons. The Morgan fingerprint density at radius 2 is 2.04 bits per heavy atom. The second-order valence-electron chi connectivity index (χ2n) is 8.81. The normalized spacial score (nSPS) is 42.1. The van der Waals surface area contributed by atoms with Gasteiger partial charge in [0, 0.05) is 18.4 Å². The van der Waals surface area contributed by atoms with Crippen molar-refractivity contribution in [3.05, 3.63) is 24.3 Å². The van der Waals surface area contributed by atoms with Gasteiger partial charge in [-0.3, -0.25) is 4.79 Å². The second kappa shape index (κ2) is 7.99. The number of carbonyl (C=O) groups is 2. The van der Waals surface area contributed by atoms with Gasteiger partial charge in [-0.25, -0.2) is 4.79 Å². The summed E-state index contributed by atoms with van der Waals surface area (Å²) in [5, 5.41) is 10.9. The average molecular weight is 392 g/mol. The number of aliphatic hydroxyl groups is 1. The maximum atomic E-state index is 12.2. The zero-order valence-corrected chi connectivity index (χ0v) is 17.1. The van der Waals surface area contributed by atoms with Gasteiger partial charge in [-0.2, -0.15) is 0 Å². The summed E-state index contributed by atoms with van der Waals surface area (Å²) in [6.45, 7) is 13.4. The molecule has 6 nitrogen and oxygen atoms in total. The Hall–Kier alpha value is -1.66. The van der Waals surface area contributed by atoms with E-state index in [0.29, 0.717) is 12.0 Å². The van der Waals surface area contributed by atoms with E-state index in [0.717, 1.165) is 37.7 Å². The molecule has 3 aliphatic heterocycles. The van der Waals surface area contributed by atoms with Crippen LogP contribution in [0.15, 0.2) is 24.3 Å². The molecule has 3 rings (SSSR count). The van der Waals surface area contributed by atoms with Crippen LogP contribution >= 0.6 is 0 Å². The molecule has 0 amide bonds. The molecule has 1 N–H and O–H groups in total. The fraction of sp³-hybridized carbons (Fsp3) is 0.727. The Labute approximate surface area is 166 Å². The zero-order chi connectivity index (χ0) is 20.6. The zero-order valence-electron chi connectivity index (χ0n) is 17.1. The smallest absolute Gasteiger partial charge is 0.334 e. The van der Waals surface area contributed by atoms with Crippen molar-refractivity contribution in [2.45, 2.75) is 89.3 Å². The molecule has 3 saturated heterocycles. The molecule has 0 saturated carbocycles. The van der Waals surface area contributed by atoms with E-state index in [1.54, 1.807) is 0 Å². The van der Waals surface area contributed by atoms with Gasteiger partial charge in [-0.1, -0.05) is 20.1 Å². The van der Waals surface area contributed by atoms with Crippen molar-refractivity contribution < 1.29 is 28.9 Å². The Balaban J connectivity index is 1.95. The summed E-state index contributed by atoms with van der Waals surface area (Å²) >= 11 is 0. The molecule has 0 aromatic carbocycles. The molecule has 156 valence electrons. The van der Waals surface area contributed by atoms with Crippen molar-refractivity contribution in [3.63, 3.8) is 0 Å². The van der Waals surface area contributed by atoms with E-state index in [4.69, 9.17) is 14.2 Å². The van der Waals surface area contributed by atoms with Crippen molar-refractivity contribution in [3.8, 4) is 0 Å². The van der Waals surface area contributed by atoms with Crippen molar-refractivity contribution in [1.29, 1.82) is 0 Å². The first-order valence-electron chi connectivity index (χ1n) is 10.2. The molecular formula is C22H32O6. The van der Waals surface area contributed by atoms with Crippen LogP contribution in [0.1, 0.15) is 59.3 Å². The lowest BCUT2D eigenvalue weighted by Gasteiger charge is -2.36. The molecule has 0 aromatic rings. The largest absolute Gasteiger partial charge is 0.459 e. The Morgan fingerprint density at radius 1 is 1.32 bits per heavy atom. The fourth-order valence-corrected chi connectivity index (χ4v) is 4.76. The molecule has 0 spiro atoms. The molecule has 28 heavy (non-hydrogen) atoms. The van der Waals surface area contributed by atoms with Crippen LogP contribution in [-0.4, -0.2) is 47.1 Å². The summed E-state index contributed by atoms with van der Waals surface area (Å²) in [6.07, 6.45) is 2.27. The topological polar surface area (TPSA) is 82.1 Å². The summed E-state index contributed by atoms with van der Waals surface area (Å²) in [4.78, 5) is 24.0. The van der Waals surface area contributed by atoms with E-state index in [1.807, 2.05) is 13.8 Å². The van der Waals surface area contributed by atoms with Crippen molar-refractivity contribution in [2.75, 3.05) is 0 Å². The van der Waals surface area contributed by atoms with Gasteiger partial charge >= 0.3 is 11.9 Å². The van der Waals surface area contributed by atoms with Crippen LogP contribution < -0.4 is 0 Å². The summed E-state index contributed by atoms with van der Waals surface area (Å²) in [5.41, 5.74) is 0.688. The van der Waals surface area contributed by atoms with Crippen LogP contribution in [0.2, 0.25) is 0 Å². The van der Waals surface area contributed by atoms with Crippen LogP contribution in [-0.2, 0) is 23.8 Å². The monoisotopic (exact) mass is 392 g/mol. The molecule has 2 bridgehead atoms. The van der Waals surface area contributed by atoms with Crippen LogP contribution in [0.4, 0.5) is 0 Å². The maximum absolute atomic E-state index is 12.2. The lowest BCUT2D eigenvalue weighted by molar-refractivity contribution is -0.169. The van der Waals surface area contributed by atoms with Gasteiger partial charge in [0.05, 0.1) is 12.2 Å². The SMILES string of the molecule is C=C1CCC[C@@H](C)[C@H](O)[C@@H]2OC(=O)C(=C)[C@@H]2C[C@H](OC(C)=O)[C@]2(C)CC[C@H]1O2. The molecular weight excluding hydrogens is 360 g/mol. The quantitative estimate of drug-likeness (QED) is 0.420. The Kier molecular flexibility index (Phi) is 6.01. The Bertz CT molecular complexity index is 670. The third-order valence-electron chi connectivity index (χ3n) is 6.65. The number of ether oxygens (including phenoxy) is 3. The maximum Gasteiger partial charge on any atom is 0.334 e. The van der Waals surface area contributed by atoms with E-state index >= 15 is 0 Å². The van der Waals surface area contributed by atoms with Crippen molar-refractivity contribution in [2.24, 2.45) is 11.8 Å². The summed E-state index contributed by atoms with van der Waals surface area (Å²) < 4.78 is 17.5. The van der Waals surface area contributed by atoms with Crippen LogP contribution in [0, 0.1) is 11.8 Å².